The van der Waals surface area contributed by atoms with Gasteiger partial charge in [-0.25, -0.2) is 0 Å². The van der Waals surface area contributed by atoms with Gasteiger partial charge in [0.05, 0.1) is 11.7 Å². The molecule has 1 aliphatic carbocycles. The van der Waals surface area contributed by atoms with Crippen molar-refractivity contribution < 1.29 is 5.11 Å². The van der Waals surface area contributed by atoms with Gasteiger partial charge in [0.1, 0.15) is 5.41 Å². The van der Waals surface area contributed by atoms with E-state index in [1.807, 2.05) is 18.2 Å². The number of nitrogens with zero attached hydrogens (tertiary/aromatic N) is 1. The van der Waals surface area contributed by atoms with Crippen LogP contribution in [-0.2, 0) is 11.8 Å². The topological polar surface area (TPSA) is 56.0 Å². The SMILES string of the molecule is CCC1CNCCC1(O)C1(C#N)CCc2ccccc21. The van der Waals surface area contributed by atoms with Gasteiger partial charge < -0.3 is 10.4 Å². The quantitative estimate of drug-likeness (QED) is 0.865. The molecular weight excluding hydrogens is 248 g/mol. The summed E-state index contributed by atoms with van der Waals surface area (Å²) in [5.74, 6) is 0.141. The number of hydrogen-bond donors (Lipinski definition) is 2. The Kier molecular flexibility index (Phi) is 3.32. The predicted molar refractivity (Wildman–Crippen MR) is 78.3 cm³/mol. The molecule has 0 amide bonds. The Bertz CT molecular complexity index is 550. The van der Waals surface area contributed by atoms with Gasteiger partial charge in [-0.15, -0.1) is 0 Å². The molecule has 3 rings (SSSR count). The minimum Gasteiger partial charge on any atom is -0.387 e. The lowest BCUT2D eigenvalue weighted by molar-refractivity contribution is -0.0881. The van der Waals surface area contributed by atoms with Gasteiger partial charge in [0.25, 0.3) is 0 Å². The number of fused-ring (bicyclic) bond motifs is 1. The van der Waals surface area contributed by atoms with E-state index in [4.69, 9.17) is 0 Å². The normalized spacial score (nSPS) is 36.4. The van der Waals surface area contributed by atoms with Crippen LogP contribution in [0, 0.1) is 17.2 Å². The lowest BCUT2D eigenvalue weighted by atomic mass is 9.60. The summed E-state index contributed by atoms with van der Waals surface area (Å²) in [4.78, 5) is 0. The Balaban J connectivity index is 2.13. The summed E-state index contributed by atoms with van der Waals surface area (Å²) in [7, 11) is 0. The van der Waals surface area contributed by atoms with Crippen LogP contribution in [0.5, 0.6) is 0 Å². The van der Waals surface area contributed by atoms with Crippen molar-refractivity contribution in [2.24, 2.45) is 5.92 Å². The molecule has 1 fully saturated rings. The van der Waals surface area contributed by atoms with Gasteiger partial charge in [-0.3, -0.25) is 0 Å². The van der Waals surface area contributed by atoms with Crippen molar-refractivity contribution in [3.05, 3.63) is 35.4 Å². The highest BCUT2D eigenvalue weighted by molar-refractivity contribution is 5.48. The Morgan fingerprint density at radius 1 is 1.40 bits per heavy atom. The van der Waals surface area contributed by atoms with E-state index in [0.29, 0.717) is 6.42 Å². The zero-order valence-corrected chi connectivity index (χ0v) is 12.0. The standard InChI is InChI=1S/C17H22N2O/c1-2-14-11-19-10-9-17(14,20)16(12-18)8-7-13-5-3-4-6-15(13)16/h3-6,14,19-20H,2,7-11H2,1H3. The molecule has 3 atom stereocenters. The fourth-order valence-corrected chi connectivity index (χ4v) is 4.25. The largest absolute Gasteiger partial charge is 0.387 e. The molecular formula is C17H22N2O. The van der Waals surface area contributed by atoms with Crippen molar-refractivity contribution in [1.29, 1.82) is 5.26 Å². The molecule has 0 spiro atoms. The van der Waals surface area contributed by atoms with E-state index < -0.39 is 11.0 Å². The molecule has 2 aliphatic rings. The van der Waals surface area contributed by atoms with Gasteiger partial charge in [0.15, 0.2) is 0 Å². The van der Waals surface area contributed by atoms with E-state index in [0.717, 1.165) is 37.9 Å². The third kappa shape index (κ3) is 1.65. The number of benzene rings is 1. The van der Waals surface area contributed by atoms with Crippen molar-refractivity contribution in [2.45, 2.75) is 43.6 Å². The monoisotopic (exact) mass is 270 g/mol. The zero-order chi connectivity index (χ0) is 14.2. The maximum absolute atomic E-state index is 11.5. The fraction of sp³-hybridized carbons (Fsp3) is 0.588. The molecule has 106 valence electrons. The first-order valence-electron chi connectivity index (χ1n) is 7.60. The van der Waals surface area contributed by atoms with Crippen LogP contribution < -0.4 is 5.32 Å². The zero-order valence-electron chi connectivity index (χ0n) is 12.0. The first kappa shape index (κ1) is 13.6. The molecule has 1 heterocycles. The van der Waals surface area contributed by atoms with Gasteiger partial charge in [-0.05, 0) is 43.4 Å². The van der Waals surface area contributed by atoms with Gasteiger partial charge >= 0.3 is 0 Å². The van der Waals surface area contributed by atoms with Crippen molar-refractivity contribution in [3.8, 4) is 6.07 Å². The van der Waals surface area contributed by atoms with E-state index in [2.05, 4.69) is 24.4 Å². The third-order valence-corrected chi connectivity index (χ3v) is 5.42. The average Bonchev–Trinajstić information content (AvgIpc) is 2.88. The van der Waals surface area contributed by atoms with Crippen LogP contribution in [-0.4, -0.2) is 23.8 Å². The van der Waals surface area contributed by atoms with Crippen molar-refractivity contribution in [2.75, 3.05) is 13.1 Å². The van der Waals surface area contributed by atoms with Gasteiger partial charge in [0.2, 0.25) is 0 Å². The third-order valence-electron chi connectivity index (χ3n) is 5.42. The minimum absolute atomic E-state index is 0.141. The molecule has 0 aromatic heterocycles. The van der Waals surface area contributed by atoms with Crippen LogP contribution in [0.4, 0.5) is 0 Å². The van der Waals surface area contributed by atoms with Crippen LogP contribution >= 0.6 is 0 Å². The second kappa shape index (κ2) is 4.87. The van der Waals surface area contributed by atoms with Crippen molar-refractivity contribution in [1.82, 2.24) is 5.32 Å². The highest BCUT2D eigenvalue weighted by Gasteiger charge is 2.58. The summed E-state index contributed by atoms with van der Waals surface area (Å²) in [6.45, 7) is 3.70. The maximum Gasteiger partial charge on any atom is 0.112 e. The van der Waals surface area contributed by atoms with E-state index >= 15 is 0 Å². The number of aliphatic hydroxyl groups is 1. The molecule has 2 N–H and O–H groups in total. The number of hydrogen-bond acceptors (Lipinski definition) is 3. The highest BCUT2D eigenvalue weighted by atomic mass is 16.3. The first-order chi connectivity index (χ1) is 9.68. The summed E-state index contributed by atoms with van der Waals surface area (Å²) in [5, 5.41) is 24.8. The van der Waals surface area contributed by atoms with E-state index in [1.165, 1.54) is 5.56 Å². The maximum atomic E-state index is 11.5. The van der Waals surface area contributed by atoms with E-state index in [-0.39, 0.29) is 5.92 Å². The van der Waals surface area contributed by atoms with Crippen LogP contribution in [0.3, 0.4) is 0 Å². The Morgan fingerprint density at radius 3 is 2.95 bits per heavy atom. The molecule has 0 bridgehead atoms. The second-order valence-electron chi connectivity index (χ2n) is 6.16. The summed E-state index contributed by atoms with van der Waals surface area (Å²) >= 11 is 0. The van der Waals surface area contributed by atoms with E-state index in [9.17, 15) is 10.4 Å². The molecule has 3 nitrogen and oxygen atoms in total. The number of aryl methyl sites for hydroxylation is 1. The number of nitriles is 1. The minimum atomic E-state index is -0.908. The number of rotatable bonds is 2. The molecule has 3 heteroatoms. The van der Waals surface area contributed by atoms with Crippen LogP contribution in [0.15, 0.2) is 24.3 Å². The van der Waals surface area contributed by atoms with Gasteiger partial charge in [0, 0.05) is 12.5 Å². The summed E-state index contributed by atoms with van der Waals surface area (Å²) < 4.78 is 0. The molecule has 1 aliphatic heterocycles. The van der Waals surface area contributed by atoms with E-state index in [1.54, 1.807) is 0 Å². The molecule has 3 unspecified atom stereocenters. The van der Waals surface area contributed by atoms with Crippen LogP contribution in [0.1, 0.15) is 37.3 Å². The fourth-order valence-electron chi connectivity index (χ4n) is 4.25. The Hall–Kier alpha value is -1.37. The molecule has 1 saturated heterocycles. The molecule has 20 heavy (non-hydrogen) atoms. The molecule has 0 radical (unpaired) electrons. The highest BCUT2D eigenvalue weighted by Crippen LogP contribution is 2.51. The second-order valence-corrected chi connectivity index (χ2v) is 6.16. The first-order valence-corrected chi connectivity index (χ1v) is 7.60. The number of piperidine rings is 1. The smallest absolute Gasteiger partial charge is 0.112 e. The Morgan fingerprint density at radius 2 is 2.20 bits per heavy atom. The molecule has 1 aromatic carbocycles. The lowest BCUT2D eigenvalue weighted by Gasteiger charge is -2.49. The summed E-state index contributed by atoms with van der Waals surface area (Å²) in [6.07, 6.45) is 3.20. The average molecular weight is 270 g/mol. The van der Waals surface area contributed by atoms with Crippen molar-refractivity contribution >= 4 is 0 Å². The van der Waals surface area contributed by atoms with Crippen LogP contribution in [0.2, 0.25) is 0 Å². The number of nitrogens with one attached hydrogen (secondary N) is 1. The molecule has 0 saturated carbocycles. The van der Waals surface area contributed by atoms with Crippen molar-refractivity contribution in [3.63, 3.8) is 0 Å². The predicted octanol–water partition coefficient (Wildman–Crippen LogP) is 2.14. The van der Waals surface area contributed by atoms with Crippen LogP contribution in [0.25, 0.3) is 0 Å². The van der Waals surface area contributed by atoms with Gasteiger partial charge in [-0.1, -0.05) is 31.2 Å². The summed E-state index contributed by atoms with van der Waals surface area (Å²) in [6, 6.07) is 10.7. The Labute approximate surface area is 120 Å². The molecule has 1 aromatic rings. The summed E-state index contributed by atoms with van der Waals surface area (Å²) in [5.41, 5.74) is 0.655. The lowest BCUT2D eigenvalue weighted by Crippen LogP contribution is -2.61. The van der Waals surface area contributed by atoms with Gasteiger partial charge in [-0.2, -0.15) is 5.26 Å².